The minimum absolute atomic E-state index is 0.0248. The number of benzene rings is 2. The number of carbonyl (C=O) groups is 1. The molecule has 0 spiro atoms. The Hall–Kier alpha value is -2.38. The van der Waals surface area contributed by atoms with E-state index in [0.717, 1.165) is 32.1 Å². The van der Waals surface area contributed by atoms with Crippen LogP contribution in [-0.4, -0.2) is 41.9 Å². The van der Waals surface area contributed by atoms with Crippen LogP contribution >= 0.6 is 0 Å². The van der Waals surface area contributed by atoms with Crippen LogP contribution in [0.15, 0.2) is 42.5 Å². The van der Waals surface area contributed by atoms with Crippen LogP contribution < -0.4 is 0 Å². The summed E-state index contributed by atoms with van der Waals surface area (Å²) < 4.78 is 0. The minimum atomic E-state index is -0.612. The van der Waals surface area contributed by atoms with Gasteiger partial charge in [-0.15, -0.1) is 0 Å². The second-order valence-corrected chi connectivity index (χ2v) is 7.51. The average molecular weight is 349 g/mol. The summed E-state index contributed by atoms with van der Waals surface area (Å²) in [6.45, 7) is 1.04. The maximum Gasteiger partial charge on any atom is 0.237 e. The van der Waals surface area contributed by atoms with Gasteiger partial charge >= 0.3 is 0 Å². The summed E-state index contributed by atoms with van der Waals surface area (Å²) in [6, 6.07) is 17.1. The Morgan fingerprint density at radius 1 is 1.08 bits per heavy atom. The number of rotatable bonds is 5. The lowest BCUT2D eigenvalue weighted by molar-refractivity contribution is -0.135. The smallest absolute Gasteiger partial charge is 0.237 e. The van der Waals surface area contributed by atoms with Crippen LogP contribution in [0.25, 0.3) is 10.8 Å². The van der Waals surface area contributed by atoms with E-state index in [2.05, 4.69) is 36.4 Å². The molecule has 1 amide bonds. The molecule has 26 heavy (non-hydrogen) atoms. The fourth-order valence-corrected chi connectivity index (χ4v) is 3.94. The number of amides is 1. The number of carbonyl (C=O) groups excluding carboxylic acids is 1. The Kier molecular flexibility index (Phi) is 5.58. The number of likely N-dealkylation sites (N-methyl/N-ethyl adjacent to an activating group) is 2. The van der Waals surface area contributed by atoms with Crippen molar-refractivity contribution in [3.05, 3.63) is 48.0 Å². The molecule has 0 heterocycles. The van der Waals surface area contributed by atoms with Crippen molar-refractivity contribution in [1.82, 2.24) is 9.80 Å². The number of hydrogen-bond donors (Lipinski definition) is 0. The van der Waals surface area contributed by atoms with Crippen LogP contribution in [0.3, 0.4) is 0 Å². The van der Waals surface area contributed by atoms with Crippen molar-refractivity contribution in [1.29, 1.82) is 5.26 Å². The van der Waals surface area contributed by atoms with Gasteiger partial charge in [0, 0.05) is 13.6 Å². The van der Waals surface area contributed by atoms with Crippen molar-refractivity contribution >= 4 is 16.7 Å². The molecule has 0 radical (unpaired) electrons. The molecule has 4 nitrogen and oxygen atoms in total. The Bertz CT molecular complexity index is 817. The Morgan fingerprint density at radius 3 is 2.46 bits per heavy atom. The molecule has 0 aromatic heterocycles. The molecule has 1 fully saturated rings. The van der Waals surface area contributed by atoms with Gasteiger partial charge in [-0.3, -0.25) is 9.69 Å². The number of hydrogen-bond acceptors (Lipinski definition) is 3. The van der Waals surface area contributed by atoms with Gasteiger partial charge in [0.15, 0.2) is 0 Å². The number of fused-ring (bicyclic) bond motifs is 1. The largest absolute Gasteiger partial charge is 0.326 e. The van der Waals surface area contributed by atoms with Crippen LogP contribution in [0.4, 0.5) is 0 Å². The van der Waals surface area contributed by atoms with E-state index in [0.29, 0.717) is 13.1 Å². The molecule has 0 unspecified atom stereocenters. The molecule has 1 aliphatic rings. The van der Waals surface area contributed by atoms with Gasteiger partial charge < -0.3 is 4.90 Å². The molecule has 0 atom stereocenters. The lowest BCUT2D eigenvalue weighted by Gasteiger charge is -2.39. The molecule has 2 aromatic rings. The zero-order valence-electron chi connectivity index (χ0n) is 15.7. The highest BCUT2D eigenvalue weighted by Crippen LogP contribution is 2.32. The molecule has 3 rings (SSSR count). The summed E-state index contributed by atoms with van der Waals surface area (Å²) in [5.41, 5.74) is 0.577. The van der Waals surface area contributed by atoms with Gasteiger partial charge in [-0.25, -0.2) is 0 Å². The highest BCUT2D eigenvalue weighted by atomic mass is 16.2. The first-order valence-electron chi connectivity index (χ1n) is 9.38. The first kappa shape index (κ1) is 18.4. The molecule has 0 bridgehead atoms. The van der Waals surface area contributed by atoms with Crippen molar-refractivity contribution in [3.63, 3.8) is 0 Å². The third-order valence-electron chi connectivity index (χ3n) is 5.58. The third-order valence-corrected chi connectivity index (χ3v) is 5.58. The summed E-state index contributed by atoms with van der Waals surface area (Å²) in [7, 11) is 3.75. The summed E-state index contributed by atoms with van der Waals surface area (Å²) >= 11 is 0. The van der Waals surface area contributed by atoms with E-state index in [1.54, 1.807) is 11.9 Å². The van der Waals surface area contributed by atoms with E-state index in [4.69, 9.17) is 0 Å². The maximum absolute atomic E-state index is 12.8. The standard InChI is InChI=1S/C22H27N3O/c1-24(15-18-10-11-19-8-4-5-9-20(19)14-18)16-21(26)25(2)22(17-23)12-6-3-7-13-22/h4-5,8-11,14H,3,6-7,12-13,15-16H2,1-2H3. The molecule has 0 N–H and O–H groups in total. The lowest BCUT2D eigenvalue weighted by Crippen LogP contribution is -2.52. The van der Waals surface area contributed by atoms with Crippen LogP contribution in [0, 0.1) is 11.3 Å². The second-order valence-electron chi connectivity index (χ2n) is 7.51. The average Bonchev–Trinajstić information content (AvgIpc) is 2.67. The van der Waals surface area contributed by atoms with Crippen molar-refractivity contribution in [2.75, 3.05) is 20.6 Å². The Labute approximate surface area is 156 Å². The molecule has 0 saturated heterocycles. The van der Waals surface area contributed by atoms with Crippen molar-refractivity contribution < 1.29 is 4.79 Å². The number of nitrogens with zero attached hydrogens (tertiary/aromatic N) is 3. The van der Waals surface area contributed by atoms with Crippen molar-refractivity contribution in [2.45, 2.75) is 44.2 Å². The van der Waals surface area contributed by atoms with E-state index >= 15 is 0 Å². The molecule has 2 aromatic carbocycles. The monoisotopic (exact) mass is 349 g/mol. The molecule has 136 valence electrons. The van der Waals surface area contributed by atoms with Gasteiger partial charge in [0.2, 0.25) is 5.91 Å². The van der Waals surface area contributed by atoms with Crippen LogP contribution in [0.2, 0.25) is 0 Å². The summed E-state index contributed by atoms with van der Waals surface area (Å²) in [5.74, 6) is 0.0248. The van der Waals surface area contributed by atoms with Gasteiger partial charge in [0.1, 0.15) is 5.54 Å². The quantitative estimate of drug-likeness (QED) is 0.821. The highest BCUT2D eigenvalue weighted by molar-refractivity contribution is 5.83. The first-order chi connectivity index (χ1) is 12.5. The predicted octanol–water partition coefficient (Wildman–Crippen LogP) is 3.96. The molecular formula is C22H27N3O. The fraction of sp³-hybridized carbons (Fsp3) is 0.455. The fourth-order valence-electron chi connectivity index (χ4n) is 3.94. The molecule has 1 aliphatic carbocycles. The SMILES string of the molecule is CN(CC(=O)N(C)C1(C#N)CCCCC1)Cc1ccc2ccccc2c1. The lowest BCUT2D eigenvalue weighted by atomic mass is 9.81. The van der Waals surface area contributed by atoms with E-state index in [1.807, 2.05) is 24.1 Å². The van der Waals surface area contributed by atoms with Crippen LogP contribution in [-0.2, 0) is 11.3 Å². The van der Waals surface area contributed by atoms with Crippen molar-refractivity contribution in [3.8, 4) is 6.07 Å². The second kappa shape index (κ2) is 7.88. The Balaban J connectivity index is 1.63. The van der Waals surface area contributed by atoms with E-state index in [1.165, 1.54) is 16.3 Å². The third kappa shape index (κ3) is 3.89. The van der Waals surface area contributed by atoms with Gasteiger partial charge in [-0.1, -0.05) is 55.7 Å². The molecule has 0 aliphatic heterocycles. The minimum Gasteiger partial charge on any atom is -0.326 e. The van der Waals surface area contributed by atoms with Gasteiger partial charge in [0.25, 0.3) is 0 Å². The highest BCUT2D eigenvalue weighted by Gasteiger charge is 2.38. The first-order valence-corrected chi connectivity index (χ1v) is 9.38. The van der Waals surface area contributed by atoms with Gasteiger partial charge in [-0.05, 0) is 42.3 Å². The summed E-state index contributed by atoms with van der Waals surface area (Å²) in [4.78, 5) is 16.5. The normalized spacial score (nSPS) is 16.4. The topological polar surface area (TPSA) is 47.3 Å². The van der Waals surface area contributed by atoms with Crippen LogP contribution in [0.5, 0.6) is 0 Å². The van der Waals surface area contributed by atoms with Crippen LogP contribution in [0.1, 0.15) is 37.7 Å². The zero-order valence-corrected chi connectivity index (χ0v) is 15.7. The summed E-state index contributed by atoms with van der Waals surface area (Å²) in [5, 5.41) is 12.1. The molecule has 4 heteroatoms. The molecule has 1 saturated carbocycles. The van der Waals surface area contributed by atoms with E-state index in [9.17, 15) is 10.1 Å². The predicted molar refractivity (Wildman–Crippen MR) is 104 cm³/mol. The van der Waals surface area contributed by atoms with E-state index < -0.39 is 5.54 Å². The van der Waals surface area contributed by atoms with E-state index in [-0.39, 0.29) is 5.91 Å². The summed E-state index contributed by atoms with van der Waals surface area (Å²) in [6.07, 6.45) is 4.80. The maximum atomic E-state index is 12.8. The Morgan fingerprint density at radius 2 is 1.77 bits per heavy atom. The zero-order chi connectivity index (χ0) is 18.6. The number of nitriles is 1. The van der Waals surface area contributed by atoms with Crippen molar-refractivity contribution in [2.24, 2.45) is 0 Å². The van der Waals surface area contributed by atoms with Gasteiger partial charge in [0.05, 0.1) is 12.6 Å². The molecular weight excluding hydrogens is 322 g/mol. The van der Waals surface area contributed by atoms with Gasteiger partial charge in [-0.2, -0.15) is 5.26 Å².